The third-order valence-electron chi connectivity index (χ3n) is 3.68. The van der Waals surface area contributed by atoms with Crippen LogP contribution in [0.5, 0.6) is 0 Å². The number of carbonyl (C=O) groups excluding carboxylic acids is 1. The third-order valence-corrected chi connectivity index (χ3v) is 3.68. The molecule has 4 heteroatoms. The molecule has 1 saturated heterocycles. The molecule has 0 aromatic rings. The van der Waals surface area contributed by atoms with Crippen molar-refractivity contribution in [3.8, 4) is 0 Å². The number of aliphatic hydroxyl groups is 1. The van der Waals surface area contributed by atoms with Crippen LogP contribution in [0.4, 0.5) is 0 Å². The molecule has 16 heavy (non-hydrogen) atoms. The summed E-state index contributed by atoms with van der Waals surface area (Å²) in [4.78, 5) is 11.9. The maximum atomic E-state index is 11.9. The van der Waals surface area contributed by atoms with Gasteiger partial charge in [-0.2, -0.15) is 0 Å². The minimum atomic E-state index is -0.346. The summed E-state index contributed by atoms with van der Waals surface area (Å²) in [6, 6.07) is -0.0622. The fourth-order valence-corrected chi connectivity index (χ4v) is 2.64. The van der Waals surface area contributed by atoms with Crippen LogP contribution in [0.15, 0.2) is 0 Å². The monoisotopic (exact) mass is 226 g/mol. The second-order valence-electron chi connectivity index (χ2n) is 4.97. The first-order chi connectivity index (χ1) is 7.77. The van der Waals surface area contributed by atoms with Gasteiger partial charge < -0.3 is 15.7 Å². The van der Waals surface area contributed by atoms with Crippen molar-refractivity contribution in [3.63, 3.8) is 0 Å². The molecule has 3 N–H and O–H groups in total. The smallest absolute Gasteiger partial charge is 0.237 e. The largest absolute Gasteiger partial charge is 0.391 e. The van der Waals surface area contributed by atoms with E-state index in [-0.39, 0.29) is 24.1 Å². The SMILES string of the molecule is O=C(N[C@@H]1CCCC[C@H]1O)C1CCCCN1. The highest BCUT2D eigenvalue weighted by Crippen LogP contribution is 2.18. The number of hydrogen-bond donors (Lipinski definition) is 3. The minimum absolute atomic E-state index is 0.0232. The van der Waals surface area contributed by atoms with Gasteiger partial charge in [-0.1, -0.05) is 19.3 Å². The van der Waals surface area contributed by atoms with Crippen molar-refractivity contribution in [2.45, 2.75) is 63.1 Å². The number of piperidine rings is 1. The van der Waals surface area contributed by atoms with E-state index in [1.54, 1.807) is 0 Å². The second kappa shape index (κ2) is 5.64. The Morgan fingerprint density at radius 1 is 1.12 bits per heavy atom. The van der Waals surface area contributed by atoms with Crippen LogP contribution in [0.25, 0.3) is 0 Å². The van der Waals surface area contributed by atoms with Crippen molar-refractivity contribution in [2.24, 2.45) is 0 Å². The van der Waals surface area contributed by atoms with E-state index in [1.165, 1.54) is 0 Å². The molecule has 0 bridgehead atoms. The number of hydrogen-bond acceptors (Lipinski definition) is 3. The molecule has 1 aliphatic carbocycles. The van der Waals surface area contributed by atoms with E-state index in [1.807, 2.05) is 0 Å². The summed E-state index contributed by atoms with van der Waals surface area (Å²) in [6.07, 6.45) is 6.79. The van der Waals surface area contributed by atoms with Crippen molar-refractivity contribution in [1.82, 2.24) is 10.6 Å². The Bertz CT molecular complexity index is 239. The Morgan fingerprint density at radius 3 is 2.56 bits per heavy atom. The molecule has 0 aromatic heterocycles. The van der Waals surface area contributed by atoms with Gasteiger partial charge in [-0.05, 0) is 32.2 Å². The van der Waals surface area contributed by atoms with Crippen LogP contribution in [0.2, 0.25) is 0 Å². The zero-order valence-corrected chi connectivity index (χ0v) is 9.74. The summed E-state index contributed by atoms with van der Waals surface area (Å²) in [5, 5.41) is 16.0. The highest BCUT2D eigenvalue weighted by Gasteiger charge is 2.28. The first-order valence-electron chi connectivity index (χ1n) is 6.49. The van der Waals surface area contributed by atoms with Gasteiger partial charge in [0.05, 0.1) is 18.2 Å². The first-order valence-corrected chi connectivity index (χ1v) is 6.49. The molecule has 1 saturated carbocycles. The molecule has 0 aromatic carbocycles. The van der Waals surface area contributed by atoms with Crippen LogP contribution in [-0.4, -0.2) is 35.7 Å². The normalized spacial score (nSPS) is 35.7. The molecule has 1 aliphatic heterocycles. The summed E-state index contributed by atoms with van der Waals surface area (Å²) in [5.74, 6) is 0.0747. The summed E-state index contributed by atoms with van der Waals surface area (Å²) in [6.45, 7) is 0.936. The molecule has 0 radical (unpaired) electrons. The maximum absolute atomic E-state index is 11.9. The average Bonchev–Trinajstić information content (AvgIpc) is 2.33. The van der Waals surface area contributed by atoms with Crippen molar-refractivity contribution < 1.29 is 9.90 Å². The maximum Gasteiger partial charge on any atom is 0.237 e. The zero-order chi connectivity index (χ0) is 11.4. The van der Waals surface area contributed by atoms with Crippen LogP contribution in [0.1, 0.15) is 44.9 Å². The van der Waals surface area contributed by atoms with E-state index in [9.17, 15) is 9.90 Å². The van der Waals surface area contributed by atoms with Crippen LogP contribution in [0, 0.1) is 0 Å². The molecule has 2 rings (SSSR count). The summed E-state index contributed by atoms with van der Waals surface area (Å²) >= 11 is 0. The van der Waals surface area contributed by atoms with Gasteiger partial charge in [0.2, 0.25) is 5.91 Å². The molecule has 92 valence electrons. The lowest BCUT2D eigenvalue weighted by atomic mass is 9.92. The summed E-state index contributed by atoms with van der Waals surface area (Å²) in [5.41, 5.74) is 0. The van der Waals surface area contributed by atoms with Crippen molar-refractivity contribution in [1.29, 1.82) is 0 Å². The van der Waals surface area contributed by atoms with Gasteiger partial charge in [-0.25, -0.2) is 0 Å². The number of aliphatic hydroxyl groups excluding tert-OH is 1. The predicted octanol–water partition coefficient (Wildman–Crippen LogP) is 0.548. The Kier molecular flexibility index (Phi) is 4.18. The fourth-order valence-electron chi connectivity index (χ4n) is 2.64. The minimum Gasteiger partial charge on any atom is -0.391 e. The van der Waals surface area contributed by atoms with Gasteiger partial charge in [0.1, 0.15) is 0 Å². The molecule has 3 atom stereocenters. The van der Waals surface area contributed by atoms with Crippen molar-refractivity contribution in [2.75, 3.05) is 6.54 Å². The van der Waals surface area contributed by atoms with Crippen LogP contribution >= 0.6 is 0 Å². The quantitative estimate of drug-likeness (QED) is 0.644. The third kappa shape index (κ3) is 2.95. The fraction of sp³-hybridized carbons (Fsp3) is 0.917. The lowest BCUT2D eigenvalue weighted by molar-refractivity contribution is -0.125. The second-order valence-corrected chi connectivity index (χ2v) is 4.97. The van der Waals surface area contributed by atoms with Crippen LogP contribution in [-0.2, 0) is 4.79 Å². The lowest BCUT2D eigenvalue weighted by Crippen LogP contribution is -2.53. The number of amides is 1. The highest BCUT2D eigenvalue weighted by atomic mass is 16.3. The Balaban J connectivity index is 1.80. The molecule has 0 spiro atoms. The summed E-state index contributed by atoms with van der Waals surface area (Å²) < 4.78 is 0. The predicted molar refractivity (Wildman–Crippen MR) is 62.0 cm³/mol. The highest BCUT2D eigenvalue weighted by molar-refractivity contribution is 5.82. The van der Waals surface area contributed by atoms with E-state index >= 15 is 0 Å². The molecular formula is C12H22N2O2. The molecule has 2 fully saturated rings. The Labute approximate surface area is 96.8 Å². The standard InChI is InChI=1S/C12H22N2O2/c15-11-7-2-1-5-9(11)14-12(16)10-6-3-4-8-13-10/h9-11,13,15H,1-8H2,(H,14,16)/t9-,10?,11-/m1/s1. The van der Waals surface area contributed by atoms with Crippen LogP contribution in [0.3, 0.4) is 0 Å². The topological polar surface area (TPSA) is 61.4 Å². The van der Waals surface area contributed by atoms with Gasteiger partial charge in [-0.15, -0.1) is 0 Å². The molecule has 4 nitrogen and oxygen atoms in total. The number of rotatable bonds is 2. The lowest BCUT2D eigenvalue weighted by Gasteiger charge is -2.31. The summed E-state index contributed by atoms with van der Waals surface area (Å²) in [7, 11) is 0. The number of carbonyl (C=O) groups is 1. The van der Waals surface area contributed by atoms with Gasteiger partial charge in [0, 0.05) is 0 Å². The van der Waals surface area contributed by atoms with E-state index in [0.29, 0.717) is 0 Å². The van der Waals surface area contributed by atoms with Gasteiger partial charge in [-0.3, -0.25) is 4.79 Å². The molecule has 2 aliphatic rings. The Morgan fingerprint density at radius 2 is 1.88 bits per heavy atom. The molecular weight excluding hydrogens is 204 g/mol. The zero-order valence-electron chi connectivity index (χ0n) is 9.74. The van der Waals surface area contributed by atoms with Crippen LogP contribution < -0.4 is 10.6 Å². The Hall–Kier alpha value is -0.610. The van der Waals surface area contributed by atoms with E-state index < -0.39 is 0 Å². The molecule has 1 unspecified atom stereocenters. The van der Waals surface area contributed by atoms with Gasteiger partial charge >= 0.3 is 0 Å². The molecule has 1 amide bonds. The average molecular weight is 226 g/mol. The van der Waals surface area contributed by atoms with E-state index in [4.69, 9.17) is 0 Å². The van der Waals surface area contributed by atoms with E-state index in [0.717, 1.165) is 51.5 Å². The van der Waals surface area contributed by atoms with Gasteiger partial charge in [0.25, 0.3) is 0 Å². The molecule has 1 heterocycles. The van der Waals surface area contributed by atoms with Crippen molar-refractivity contribution >= 4 is 5.91 Å². The van der Waals surface area contributed by atoms with Crippen molar-refractivity contribution in [3.05, 3.63) is 0 Å². The number of nitrogens with one attached hydrogen (secondary N) is 2. The van der Waals surface area contributed by atoms with E-state index in [2.05, 4.69) is 10.6 Å². The first kappa shape index (κ1) is 11.9. The van der Waals surface area contributed by atoms with Gasteiger partial charge in [0.15, 0.2) is 0 Å².